The first-order chi connectivity index (χ1) is 8.01. The van der Waals surface area contributed by atoms with Crippen LogP contribution in [0.25, 0.3) is 0 Å². The first kappa shape index (κ1) is 12.7. The van der Waals surface area contributed by atoms with Gasteiger partial charge in [-0.15, -0.1) is 0 Å². The van der Waals surface area contributed by atoms with E-state index in [0.717, 1.165) is 13.0 Å². The molecular weight excluding hydrogens is 259 g/mol. The lowest BCUT2D eigenvalue weighted by Crippen LogP contribution is -2.35. The van der Waals surface area contributed by atoms with Crippen LogP contribution in [0.1, 0.15) is 13.3 Å². The summed E-state index contributed by atoms with van der Waals surface area (Å²) < 4.78 is 0. The van der Waals surface area contributed by atoms with Crippen LogP contribution >= 0.6 is 23.2 Å². The average molecular weight is 273 g/mol. The van der Waals surface area contributed by atoms with E-state index >= 15 is 0 Å². The Morgan fingerprint density at radius 3 is 2.82 bits per heavy atom. The topological polar surface area (TPSA) is 41.1 Å². The van der Waals surface area contributed by atoms with Gasteiger partial charge in [0.1, 0.15) is 0 Å². The molecule has 5 heteroatoms. The molecule has 1 aromatic carbocycles. The molecule has 0 bridgehead atoms. The number of carbonyl (C=O) groups excluding carboxylic acids is 1. The van der Waals surface area contributed by atoms with Gasteiger partial charge in [0.05, 0.1) is 16.1 Å². The molecule has 1 aromatic rings. The molecular formula is C12H14Cl2N2O. The van der Waals surface area contributed by atoms with Gasteiger partial charge >= 0.3 is 0 Å². The van der Waals surface area contributed by atoms with Gasteiger partial charge in [0.2, 0.25) is 5.91 Å². The molecule has 0 spiro atoms. The van der Waals surface area contributed by atoms with Crippen LogP contribution in [0.4, 0.5) is 5.69 Å². The molecule has 1 heterocycles. The second-order valence-electron chi connectivity index (χ2n) is 4.57. The van der Waals surface area contributed by atoms with Crippen LogP contribution in [0.3, 0.4) is 0 Å². The van der Waals surface area contributed by atoms with Crippen molar-refractivity contribution in [3.8, 4) is 0 Å². The summed E-state index contributed by atoms with van der Waals surface area (Å²) in [4.78, 5) is 12.1. The van der Waals surface area contributed by atoms with Crippen molar-refractivity contribution in [1.29, 1.82) is 0 Å². The van der Waals surface area contributed by atoms with Gasteiger partial charge in [-0.1, -0.05) is 23.2 Å². The Balaban J connectivity index is 2.13. The van der Waals surface area contributed by atoms with Crippen LogP contribution in [0.5, 0.6) is 0 Å². The predicted molar refractivity (Wildman–Crippen MR) is 70.7 cm³/mol. The van der Waals surface area contributed by atoms with Gasteiger partial charge in [-0.05, 0) is 38.1 Å². The van der Waals surface area contributed by atoms with Crippen LogP contribution in [0.15, 0.2) is 18.2 Å². The first-order valence-corrected chi connectivity index (χ1v) is 6.24. The molecule has 1 atom stereocenters. The van der Waals surface area contributed by atoms with E-state index in [4.69, 9.17) is 23.2 Å². The molecule has 1 fully saturated rings. The molecule has 1 aliphatic rings. The summed E-state index contributed by atoms with van der Waals surface area (Å²) in [7, 11) is 0. The molecule has 1 unspecified atom stereocenters. The van der Waals surface area contributed by atoms with E-state index in [2.05, 4.69) is 10.6 Å². The lowest BCUT2D eigenvalue weighted by Gasteiger charge is -2.21. The fraction of sp³-hybridized carbons (Fsp3) is 0.417. The number of nitrogens with one attached hydrogen (secondary N) is 2. The Kier molecular flexibility index (Phi) is 3.61. The third kappa shape index (κ3) is 2.73. The van der Waals surface area contributed by atoms with E-state index in [-0.39, 0.29) is 11.3 Å². The predicted octanol–water partition coefficient (Wildman–Crippen LogP) is 2.93. The van der Waals surface area contributed by atoms with E-state index in [0.29, 0.717) is 22.3 Å². The Labute approximate surface area is 110 Å². The Bertz CT molecular complexity index is 442. The van der Waals surface area contributed by atoms with Crippen molar-refractivity contribution in [3.63, 3.8) is 0 Å². The Hall–Kier alpha value is -0.770. The molecule has 2 N–H and O–H groups in total. The van der Waals surface area contributed by atoms with E-state index < -0.39 is 0 Å². The first-order valence-electron chi connectivity index (χ1n) is 5.48. The third-order valence-corrected chi connectivity index (χ3v) is 3.64. The Morgan fingerprint density at radius 1 is 1.47 bits per heavy atom. The molecule has 1 aliphatic heterocycles. The van der Waals surface area contributed by atoms with Gasteiger partial charge < -0.3 is 10.6 Å². The van der Waals surface area contributed by atoms with E-state index in [1.807, 2.05) is 6.92 Å². The van der Waals surface area contributed by atoms with Crippen molar-refractivity contribution in [2.75, 3.05) is 18.4 Å². The second-order valence-corrected chi connectivity index (χ2v) is 5.41. The van der Waals surface area contributed by atoms with Gasteiger partial charge in [-0.25, -0.2) is 0 Å². The van der Waals surface area contributed by atoms with Crippen molar-refractivity contribution >= 4 is 34.8 Å². The number of rotatable bonds is 2. The fourth-order valence-electron chi connectivity index (χ4n) is 1.87. The number of benzene rings is 1. The van der Waals surface area contributed by atoms with Gasteiger partial charge in [-0.2, -0.15) is 0 Å². The van der Waals surface area contributed by atoms with Crippen LogP contribution in [0.2, 0.25) is 10.0 Å². The number of carbonyl (C=O) groups is 1. The smallest absolute Gasteiger partial charge is 0.231 e. The van der Waals surface area contributed by atoms with Gasteiger partial charge in [0.15, 0.2) is 0 Å². The summed E-state index contributed by atoms with van der Waals surface area (Å²) in [6.07, 6.45) is 0.837. The van der Waals surface area contributed by atoms with Gasteiger partial charge in [-0.3, -0.25) is 4.79 Å². The summed E-state index contributed by atoms with van der Waals surface area (Å²) in [6.45, 7) is 3.52. The maximum absolute atomic E-state index is 12.1. The quantitative estimate of drug-likeness (QED) is 0.869. The minimum absolute atomic E-state index is 0.00766. The molecule has 0 aliphatic carbocycles. The highest BCUT2D eigenvalue weighted by atomic mass is 35.5. The molecule has 92 valence electrons. The maximum atomic E-state index is 12.1. The minimum atomic E-state index is -0.358. The molecule has 0 saturated carbocycles. The number of halogens is 2. The van der Waals surface area contributed by atoms with E-state index in [1.54, 1.807) is 18.2 Å². The molecule has 2 rings (SSSR count). The largest absolute Gasteiger partial charge is 0.324 e. The minimum Gasteiger partial charge on any atom is -0.324 e. The van der Waals surface area contributed by atoms with Crippen LogP contribution in [-0.2, 0) is 4.79 Å². The molecule has 0 radical (unpaired) electrons. The van der Waals surface area contributed by atoms with Crippen molar-refractivity contribution in [1.82, 2.24) is 5.32 Å². The zero-order valence-electron chi connectivity index (χ0n) is 9.52. The number of amides is 1. The normalized spacial score (nSPS) is 23.7. The number of hydrogen-bond donors (Lipinski definition) is 2. The maximum Gasteiger partial charge on any atom is 0.231 e. The van der Waals surface area contributed by atoms with Crippen LogP contribution in [0, 0.1) is 5.41 Å². The summed E-state index contributed by atoms with van der Waals surface area (Å²) in [5, 5.41) is 7.05. The van der Waals surface area contributed by atoms with Crippen molar-refractivity contribution < 1.29 is 4.79 Å². The SMILES string of the molecule is CC1(C(=O)Nc2ccc(Cl)cc2Cl)CCNC1. The zero-order chi connectivity index (χ0) is 12.5. The highest BCUT2D eigenvalue weighted by Crippen LogP contribution is 2.30. The van der Waals surface area contributed by atoms with Crippen molar-refractivity contribution in [2.45, 2.75) is 13.3 Å². The molecule has 17 heavy (non-hydrogen) atoms. The van der Waals surface area contributed by atoms with Gasteiger partial charge in [0, 0.05) is 11.6 Å². The summed E-state index contributed by atoms with van der Waals surface area (Å²) in [5.41, 5.74) is 0.248. The van der Waals surface area contributed by atoms with Crippen molar-refractivity contribution in [2.24, 2.45) is 5.41 Å². The van der Waals surface area contributed by atoms with Crippen molar-refractivity contribution in [3.05, 3.63) is 28.2 Å². The van der Waals surface area contributed by atoms with E-state index in [1.165, 1.54) is 0 Å². The van der Waals surface area contributed by atoms with E-state index in [9.17, 15) is 4.79 Å². The standard InChI is InChI=1S/C12H14Cl2N2O/c1-12(4-5-15-7-12)11(17)16-10-3-2-8(13)6-9(10)14/h2-3,6,15H,4-5,7H2,1H3,(H,16,17). The van der Waals surface area contributed by atoms with Crippen LogP contribution < -0.4 is 10.6 Å². The Morgan fingerprint density at radius 2 is 2.24 bits per heavy atom. The molecule has 3 nitrogen and oxygen atoms in total. The summed E-state index contributed by atoms with van der Waals surface area (Å²) in [5.74, 6) is -0.00766. The number of hydrogen-bond acceptors (Lipinski definition) is 2. The average Bonchev–Trinajstić information content (AvgIpc) is 2.71. The summed E-state index contributed by atoms with van der Waals surface area (Å²) >= 11 is 11.8. The lowest BCUT2D eigenvalue weighted by molar-refractivity contribution is -0.123. The molecule has 1 amide bonds. The lowest BCUT2D eigenvalue weighted by atomic mass is 9.89. The molecule has 1 saturated heterocycles. The van der Waals surface area contributed by atoms with Gasteiger partial charge in [0.25, 0.3) is 0 Å². The fourth-order valence-corrected chi connectivity index (χ4v) is 2.33. The highest BCUT2D eigenvalue weighted by Gasteiger charge is 2.36. The third-order valence-electron chi connectivity index (χ3n) is 3.10. The number of anilines is 1. The monoisotopic (exact) mass is 272 g/mol. The second kappa shape index (κ2) is 4.84. The summed E-state index contributed by atoms with van der Waals surface area (Å²) in [6, 6.07) is 5.04. The molecule has 0 aromatic heterocycles. The highest BCUT2D eigenvalue weighted by molar-refractivity contribution is 6.36. The van der Waals surface area contributed by atoms with Crippen LogP contribution in [-0.4, -0.2) is 19.0 Å². The zero-order valence-corrected chi connectivity index (χ0v) is 11.0.